The van der Waals surface area contributed by atoms with E-state index < -0.39 is 33.6 Å². The average Bonchev–Trinajstić information content (AvgIpc) is 3.16. The Kier molecular flexibility index (Phi) is 6.78. The van der Waals surface area contributed by atoms with Gasteiger partial charge in [0, 0.05) is 38.3 Å². The van der Waals surface area contributed by atoms with Crippen molar-refractivity contribution in [2.75, 3.05) is 32.6 Å². The lowest BCUT2D eigenvalue weighted by Crippen LogP contribution is -2.43. The van der Waals surface area contributed by atoms with Crippen LogP contribution in [0.3, 0.4) is 0 Å². The van der Waals surface area contributed by atoms with Gasteiger partial charge in [-0.3, -0.25) is 9.36 Å². The summed E-state index contributed by atoms with van der Waals surface area (Å²) in [5.74, 6) is -2.70. The second-order valence-electron chi connectivity index (χ2n) is 8.31. The van der Waals surface area contributed by atoms with Crippen LogP contribution in [-0.4, -0.2) is 61.6 Å². The lowest BCUT2D eigenvalue weighted by atomic mass is 9.98. The Morgan fingerprint density at radius 1 is 1.14 bits per heavy atom. The first-order valence-electron chi connectivity index (χ1n) is 11.0. The number of hydrogen-bond acceptors (Lipinski definition) is 8. The predicted octanol–water partition coefficient (Wildman–Crippen LogP) is 1.89. The van der Waals surface area contributed by atoms with E-state index in [-0.39, 0.29) is 46.3 Å². The zero-order chi connectivity index (χ0) is 26.2. The molecular formula is C23H25N3O9S. The SMILES string of the molecule is COc1cc(NC(=O)[C@@H]2CCCN(S(=O)(=O)c3ccc4c(c3)oc(=O)n4C)C2)c(C(=O)O)cc1OC. The molecule has 2 aromatic carbocycles. The summed E-state index contributed by atoms with van der Waals surface area (Å²) in [5, 5.41) is 12.2. The summed E-state index contributed by atoms with van der Waals surface area (Å²) in [6.07, 6.45) is 0.845. The third-order valence-corrected chi connectivity index (χ3v) is 8.03. The number of hydrogen-bond donors (Lipinski definition) is 2. The first-order valence-corrected chi connectivity index (χ1v) is 12.4. The Balaban J connectivity index is 1.57. The van der Waals surface area contributed by atoms with Gasteiger partial charge in [-0.25, -0.2) is 18.0 Å². The van der Waals surface area contributed by atoms with Crippen LogP contribution in [0.5, 0.6) is 11.5 Å². The molecule has 0 aliphatic carbocycles. The fourth-order valence-electron chi connectivity index (χ4n) is 4.19. The van der Waals surface area contributed by atoms with Crippen LogP contribution in [-0.2, 0) is 21.9 Å². The Morgan fingerprint density at radius 2 is 1.83 bits per heavy atom. The molecule has 12 nitrogen and oxygen atoms in total. The van der Waals surface area contributed by atoms with Gasteiger partial charge in [0.2, 0.25) is 15.9 Å². The summed E-state index contributed by atoms with van der Waals surface area (Å²) in [6.45, 7) is 0.111. The van der Waals surface area contributed by atoms with Gasteiger partial charge in [0.15, 0.2) is 17.1 Å². The molecule has 4 rings (SSSR count). The molecule has 1 aliphatic rings. The summed E-state index contributed by atoms with van der Waals surface area (Å²) in [6, 6.07) is 6.76. The topological polar surface area (TPSA) is 157 Å². The highest BCUT2D eigenvalue weighted by Crippen LogP contribution is 2.34. The van der Waals surface area contributed by atoms with E-state index >= 15 is 0 Å². The number of carbonyl (C=O) groups excluding carboxylic acids is 1. The van der Waals surface area contributed by atoms with Gasteiger partial charge in [0.05, 0.1) is 41.8 Å². The maximum absolute atomic E-state index is 13.3. The van der Waals surface area contributed by atoms with Gasteiger partial charge in [0.25, 0.3) is 0 Å². The van der Waals surface area contributed by atoms with Crippen LogP contribution in [0, 0.1) is 5.92 Å². The Hall–Kier alpha value is -3.84. The van der Waals surface area contributed by atoms with Gasteiger partial charge in [-0.2, -0.15) is 4.31 Å². The van der Waals surface area contributed by atoms with Crippen molar-refractivity contribution in [3.8, 4) is 11.5 Å². The third-order valence-electron chi connectivity index (χ3n) is 6.17. The monoisotopic (exact) mass is 519 g/mol. The number of nitrogens with one attached hydrogen (secondary N) is 1. The smallest absolute Gasteiger partial charge is 0.419 e. The summed E-state index contributed by atoms with van der Waals surface area (Å²) in [5.41, 5.74) is 0.414. The number of rotatable bonds is 7. The minimum Gasteiger partial charge on any atom is -0.493 e. The van der Waals surface area contributed by atoms with Gasteiger partial charge in [-0.1, -0.05) is 0 Å². The molecule has 1 fully saturated rings. The largest absolute Gasteiger partial charge is 0.493 e. The number of anilines is 1. The number of methoxy groups -OCH3 is 2. The minimum atomic E-state index is -3.99. The van der Waals surface area contributed by atoms with Crippen molar-refractivity contribution >= 4 is 38.7 Å². The van der Waals surface area contributed by atoms with Gasteiger partial charge in [-0.15, -0.1) is 0 Å². The van der Waals surface area contributed by atoms with Crippen LogP contribution in [0.4, 0.5) is 5.69 Å². The number of benzene rings is 2. The number of aromatic nitrogens is 1. The van der Waals surface area contributed by atoms with Gasteiger partial charge in [0.1, 0.15) is 0 Å². The van der Waals surface area contributed by atoms with Crippen molar-refractivity contribution in [2.24, 2.45) is 13.0 Å². The number of sulfonamides is 1. The highest BCUT2D eigenvalue weighted by Gasteiger charge is 2.34. The van der Waals surface area contributed by atoms with E-state index in [0.29, 0.717) is 18.4 Å². The Morgan fingerprint density at radius 3 is 2.50 bits per heavy atom. The van der Waals surface area contributed by atoms with E-state index in [1.54, 1.807) is 0 Å². The molecule has 0 spiro atoms. The zero-order valence-corrected chi connectivity index (χ0v) is 20.6. The number of carboxylic acids is 1. The van der Waals surface area contributed by atoms with Crippen LogP contribution in [0.25, 0.3) is 11.1 Å². The van der Waals surface area contributed by atoms with E-state index in [0.717, 1.165) is 0 Å². The molecule has 0 unspecified atom stereocenters. The van der Waals surface area contributed by atoms with Crippen molar-refractivity contribution in [3.05, 3.63) is 46.4 Å². The predicted molar refractivity (Wildman–Crippen MR) is 128 cm³/mol. The summed E-state index contributed by atoms with van der Waals surface area (Å²) in [7, 11) is 0.276. The minimum absolute atomic E-state index is 0.00897. The number of aryl methyl sites for hydroxylation is 1. The number of fused-ring (bicyclic) bond motifs is 1. The number of carboxylic acid groups (broad SMARTS) is 1. The number of oxazole rings is 1. The molecule has 1 atom stereocenters. The lowest BCUT2D eigenvalue weighted by molar-refractivity contribution is -0.120. The average molecular weight is 520 g/mol. The number of ether oxygens (including phenoxy) is 2. The van der Waals surface area contributed by atoms with E-state index in [1.807, 2.05) is 0 Å². The lowest BCUT2D eigenvalue weighted by Gasteiger charge is -2.31. The Labute approximate surface area is 206 Å². The second-order valence-corrected chi connectivity index (χ2v) is 10.2. The molecular weight excluding hydrogens is 494 g/mol. The van der Waals surface area contributed by atoms with Crippen molar-refractivity contribution in [2.45, 2.75) is 17.7 Å². The molecule has 1 saturated heterocycles. The number of aromatic carboxylic acids is 1. The summed E-state index contributed by atoms with van der Waals surface area (Å²) >= 11 is 0. The van der Waals surface area contributed by atoms with Gasteiger partial charge in [-0.05, 0) is 25.0 Å². The summed E-state index contributed by atoms with van der Waals surface area (Å²) in [4.78, 5) is 36.5. The van der Waals surface area contributed by atoms with Crippen molar-refractivity contribution in [3.63, 3.8) is 0 Å². The van der Waals surface area contributed by atoms with E-state index in [4.69, 9.17) is 13.9 Å². The molecule has 0 radical (unpaired) electrons. The number of carbonyl (C=O) groups is 2. The van der Waals surface area contributed by atoms with Gasteiger partial charge < -0.3 is 24.3 Å². The van der Waals surface area contributed by atoms with Crippen molar-refractivity contribution < 1.29 is 37.0 Å². The molecule has 2 N–H and O–H groups in total. The first-order chi connectivity index (χ1) is 17.1. The van der Waals surface area contributed by atoms with Crippen LogP contribution in [0.15, 0.2) is 44.4 Å². The number of nitrogens with zero attached hydrogens (tertiary/aromatic N) is 2. The van der Waals surface area contributed by atoms with Crippen LogP contribution < -0.4 is 20.5 Å². The first kappa shape index (κ1) is 25.3. The fraction of sp³-hybridized carbons (Fsp3) is 0.348. The molecule has 1 amide bonds. The highest BCUT2D eigenvalue weighted by atomic mass is 32.2. The Bertz CT molecular complexity index is 1510. The molecule has 0 saturated carbocycles. The molecule has 3 aromatic rings. The number of piperidine rings is 1. The van der Waals surface area contributed by atoms with Crippen LogP contribution in [0.1, 0.15) is 23.2 Å². The van der Waals surface area contributed by atoms with E-state index in [9.17, 15) is 27.9 Å². The van der Waals surface area contributed by atoms with E-state index in [2.05, 4.69) is 5.32 Å². The van der Waals surface area contributed by atoms with Crippen molar-refractivity contribution in [1.29, 1.82) is 0 Å². The molecule has 192 valence electrons. The normalized spacial score (nSPS) is 16.6. The molecule has 1 aliphatic heterocycles. The van der Waals surface area contributed by atoms with E-state index in [1.165, 1.54) is 60.5 Å². The second kappa shape index (κ2) is 9.66. The zero-order valence-electron chi connectivity index (χ0n) is 19.8. The third kappa shape index (κ3) is 4.54. The standard InChI is InChI=1S/C23H25N3O9S/c1-25-17-7-6-14(9-18(17)35-23(25)30)36(31,32)26-8-4-5-13(12-26)21(27)24-16-11-20(34-3)19(33-2)10-15(16)22(28)29/h6-7,9-11,13H,4-5,8,12H2,1-3H3,(H,24,27)(H,28,29)/t13-/m1/s1. The summed E-state index contributed by atoms with van der Waals surface area (Å²) < 4.78 is 44.5. The van der Waals surface area contributed by atoms with Crippen LogP contribution in [0.2, 0.25) is 0 Å². The van der Waals surface area contributed by atoms with Crippen LogP contribution >= 0.6 is 0 Å². The molecule has 36 heavy (non-hydrogen) atoms. The maximum atomic E-state index is 13.3. The van der Waals surface area contributed by atoms with Crippen molar-refractivity contribution in [1.82, 2.24) is 8.87 Å². The quantitative estimate of drug-likeness (QED) is 0.475. The number of amides is 1. The highest BCUT2D eigenvalue weighted by molar-refractivity contribution is 7.89. The molecule has 1 aromatic heterocycles. The fourth-order valence-corrected chi connectivity index (χ4v) is 5.73. The molecule has 2 heterocycles. The maximum Gasteiger partial charge on any atom is 0.419 e. The molecule has 0 bridgehead atoms. The molecule has 13 heteroatoms. The van der Waals surface area contributed by atoms with Gasteiger partial charge >= 0.3 is 11.7 Å².